The van der Waals surface area contributed by atoms with Gasteiger partial charge in [0.15, 0.2) is 0 Å². The highest BCUT2D eigenvalue weighted by Gasteiger charge is 2.19. The number of aromatic nitrogens is 2. The van der Waals surface area contributed by atoms with Gasteiger partial charge in [-0.15, -0.1) is 0 Å². The van der Waals surface area contributed by atoms with Gasteiger partial charge in [-0.1, -0.05) is 29.8 Å². The summed E-state index contributed by atoms with van der Waals surface area (Å²) >= 11 is 0. The van der Waals surface area contributed by atoms with Crippen molar-refractivity contribution in [1.29, 1.82) is 0 Å². The molecule has 1 aliphatic rings. The Labute approximate surface area is 124 Å². The van der Waals surface area contributed by atoms with E-state index in [4.69, 9.17) is 0 Å². The Bertz CT molecular complexity index is 595. The minimum atomic E-state index is 0.000674. The summed E-state index contributed by atoms with van der Waals surface area (Å²) in [5.74, 6) is 0. The Kier molecular flexibility index (Phi) is 3.90. The minimum Gasteiger partial charge on any atom is -0.348 e. The molecule has 1 aromatic heterocycles. The predicted molar refractivity (Wildman–Crippen MR) is 81.0 cm³/mol. The van der Waals surface area contributed by atoms with Crippen molar-refractivity contribution < 1.29 is 4.79 Å². The van der Waals surface area contributed by atoms with Crippen molar-refractivity contribution in [3.8, 4) is 0 Å². The molecule has 2 aromatic rings. The second-order valence-corrected chi connectivity index (χ2v) is 5.46. The van der Waals surface area contributed by atoms with Gasteiger partial charge in [0.25, 0.3) is 0 Å². The smallest absolute Gasteiger partial charge is 0.317 e. The van der Waals surface area contributed by atoms with Gasteiger partial charge in [-0.05, 0) is 12.5 Å². The number of fused-ring (bicyclic) bond motifs is 1. The fraction of sp³-hybridized carbons (Fsp3) is 0.375. The maximum Gasteiger partial charge on any atom is 0.317 e. The van der Waals surface area contributed by atoms with E-state index in [9.17, 15) is 4.79 Å². The standard InChI is InChI=1S/C16H20N4O/c1-12-2-4-13(5-3-12)10-17-16(21)20-8-6-14-15(7-9-20)19-11-18-14/h2-5,11H,6-10H2,1H3,(H,17,21)(H,18,19). The lowest BCUT2D eigenvalue weighted by atomic mass is 10.1. The summed E-state index contributed by atoms with van der Waals surface area (Å²) in [5, 5.41) is 2.99. The third kappa shape index (κ3) is 3.24. The third-order valence-corrected chi connectivity index (χ3v) is 3.91. The van der Waals surface area contributed by atoms with Crippen LogP contribution in [0.25, 0.3) is 0 Å². The molecular formula is C16H20N4O. The predicted octanol–water partition coefficient (Wildman–Crippen LogP) is 2.03. The first-order valence-corrected chi connectivity index (χ1v) is 7.32. The van der Waals surface area contributed by atoms with Crippen molar-refractivity contribution in [3.05, 3.63) is 53.1 Å². The zero-order valence-corrected chi connectivity index (χ0v) is 12.2. The van der Waals surface area contributed by atoms with Crippen LogP contribution >= 0.6 is 0 Å². The third-order valence-electron chi connectivity index (χ3n) is 3.91. The van der Waals surface area contributed by atoms with E-state index in [1.54, 1.807) is 6.33 Å². The van der Waals surface area contributed by atoms with E-state index in [1.807, 2.05) is 17.0 Å². The normalized spacial score (nSPS) is 14.4. The summed E-state index contributed by atoms with van der Waals surface area (Å²) in [6, 6.07) is 8.22. The fourth-order valence-corrected chi connectivity index (χ4v) is 2.58. The highest BCUT2D eigenvalue weighted by molar-refractivity contribution is 5.74. The first-order valence-electron chi connectivity index (χ1n) is 7.32. The van der Waals surface area contributed by atoms with E-state index in [2.05, 4.69) is 34.3 Å². The summed E-state index contributed by atoms with van der Waals surface area (Å²) in [4.78, 5) is 21.6. The molecule has 2 heterocycles. The van der Waals surface area contributed by atoms with Crippen molar-refractivity contribution in [1.82, 2.24) is 20.2 Å². The van der Waals surface area contributed by atoms with Crippen molar-refractivity contribution in [2.24, 2.45) is 0 Å². The zero-order valence-electron chi connectivity index (χ0n) is 12.2. The van der Waals surface area contributed by atoms with Gasteiger partial charge in [0, 0.05) is 38.2 Å². The molecule has 5 heteroatoms. The molecule has 0 unspecified atom stereocenters. The zero-order chi connectivity index (χ0) is 14.7. The maximum absolute atomic E-state index is 12.2. The van der Waals surface area contributed by atoms with E-state index in [0.717, 1.165) is 42.9 Å². The number of carbonyl (C=O) groups excluding carboxylic acids is 1. The second kappa shape index (κ2) is 5.99. The molecule has 110 valence electrons. The van der Waals surface area contributed by atoms with Gasteiger partial charge in [-0.25, -0.2) is 9.78 Å². The van der Waals surface area contributed by atoms with Crippen LogP contribution in [0.5, 0.6) is 0 Å². The molecule has 21 heavy (non-hydrogen) atoms. The van der Waals surface area contributed by atoms with Crippen molar-refractivity contribution in [2.75, 3.05) is 13.1 Å². The molecule has 0 spiro atoms. The number of H-pyrrole nitrogens is 1. The quantitative estimate of drug-likeness (QED) is 0.886. The number of urea groups is 1. The van der Waals surface area contributed by atoms with Crippen molar-refractivity contribution in [2.45, 2.75) is 26.3 Å². The molecule has 5 nitrogen and oxygen atoms in total. The van der Waals surface area contributed by atoms with Gasteiger partial charge in [0.2, 0.25) is 0 Å². The van der Waals surface area contributed by atoms with Crippen LogP contribution in [0.2, 0.25) is 0 Å². The number of imidazole rings is 1. The summed E-state index contributed by atoms with van der Waals surface area (Å²) in [7, 11) is 0. The van der Waals surface area contributed by atoms with Gasteiger partial charge >= 0.3 is 6.03 Å². The summed E-state index contributed by atoms with van der Waals surface area (Å²) < 4.78 is 0. The van der Waals surface area contributed by atoms with Crippen LogP contribution in [0.3, 0.4) is 0 Å². The number of aromatic amines is 1. The van der Waals surface area contributed by atoms with Gasteiger partial charge in [-0.2, -0.15) is 0 Å². The van der Waals surface area contributed by atoms with Gasteiger partial charge in [0.1, 0.15) is 0 Å². The van der Waals surface area contributed by atoms with Crippen molar-refractivity contribution >= 4 is 6.03 Å². The van der Waals surface area contributed by atoms with Crippen LogP contribution in [0, 0.1) is 6.92 Å². The minimum absolute atomic E-state index is 0.000674. The molecule has 3 rings (SSSR count). The lowest BCUT2D eigenvalue weighted by Crippen LogP contribution is -2.41. The molecule has 0 atom stereocenters. The maximum atomic E-state index is 12.2. The lowest BCUT2D eigenvalue weighted by Gasteiger charge is -2.20. The summed E-state index contributed by atoms with van der Waals surface area (Å²) in [6.07, 6.45) is 3.39. The van der Waals surface area contributed by atoms with Gasteiger partial charge in [-0.3, -0.25) is 0 Å². The molecule has 1 aromatic carbocycles. The van der Waals surface area contributed by atoms with E-state index in [-0.39, 0.29) is 6.03 Å². The van der Waals surface area contributed by atoms with E-state index >= 15 is 0 Å². The average molecular weight is 284 g/mol. The Morgan fingerprint density at radius 1 is 1.29 bits per heavy atom. The monoisotopic (exact) mass is 284 g/mol. The average Bonchev–Trinajstić information content (AvgIpc) is 2.85. The molecule has 0 saturated heterocycles. The highest BCUT2D eigenvalue weighted by atomic mass is 16.2. The fourth-order valence-electron chi connectivity index (χ4n) is 2.58. The number of carbonyl (C=O) groups is 1. The van der Waals surface area contributed by atoms with Crippen LogP contribution in [-0.4, -0.2) is 34.0 Å². The first kappa shape index (κ1) is 13.7. The summed E-state index contributed by atoms with van der Waals surface area (Å²) in [6.45, 7) is 4.08. The van der Waals surface area contributed by atoms with Gasteiger partial charge < -0.3 is 15.2 Å². The van der Waals surface area contributed by atoms with Crippen LogP contribution in [-0.2, 0) is 19.4 Å². The second-order valence-electron chi connectivity index (χ2n) is 5.46. The number of amides is 2. The number of nitrogens with zero attached hydrogens (tertiary/aromatic N) is 2. The van der Waals surface area contributed by atoms with E-state index in [1.165, 1.54) is 5.56 Å². The van der Waals surface area contributed by atoms with Crippen LogP contribution in [0.4, 0.5) is 4.79 Å². The highest BCUT2D eigenvalue weighted by Crippen LogP contribution is 2.11. The molecule has 0 fully saturated rings. The molecule has 1 aliphatic heterocycles. The van der Waals surface area contributed by atoms with Crippen LogP contribution in [0.15, 0.2) is 30.6 Å². The SMILES string of the molecule is Cc1ccc(CNC(=O)N2CCc3nc[nH]c3CC2)cc1. The van der Waals surface area contributed by atoms with Gasteiger partial charge in [0.05, 0.1) is 12.0 Å². The topological polar surface area (TPSA) is 61.0 Å². The molecule has 0 radical (unpaired) electrons. The number of aryl methyl sites for hydroxylation is 1. The molecular weight excluding hydrogens is 264 g/mol. The number of nitrogens with one attached hydrogen (secondary N) is 2. The first-order chi connectivity index (χ1) is 10.2. The Hall–Kier alpha value is -2.30. The van der Waals surface area contributed by atoms with Crippen molar-refractivity contribution in [3.63, 3.8) is 0 Å². The number of hydrogen-bond donors (Lipinski definition) is 2. The Balaban J connectivity index is 1.54. The Morgan fingerprint density at radius 2 is 2.05 bits per heavy atom. The molecule has 2 N–H and O–H groups in total. The number of rotatable bonds is 2. The summed E-state index contributed by atoms with van der Waals surface area (Å²) in [5.41, 5.74) is 4.59. The Morgan fingerprint density at radius 3 is 2.86 bits per heavy atom. The lowest BCUT2D eigenvalue weighted by molar-refractivity contribution is 0.199. The van der Waals surface area contributed by atoms with E-state index < -0.39 is 0 Å². The largest absolute Gasteiger partial charge is 0.348 e. The van der Waals surface area contributed by atoms with Crippen LogP contribution in [0.1, 0.15) is 22.5 Å². The number of benzene rings is 1. The molecule has 0 aliphatic carbocycles. The molecule has 0 bridgehead atoms. The number of hydrogen-bond acceptors (Lipinski definition) is 2. The van der Waals surface area contributed by atoms with E-state index in [0.29, 0.717) is 6.54 Å². The molecule has 2 amide bonds. The molecule has 0 saturated carbocycles. The van der Waals surface area contributed by atoms with Crippen LogP contribution < -0.4 is 5.32 Å².